The normalized spacial score (nSPS) is 11.3. The van der Waals surface area contributed by atoms with E-state index in [-0.39, 0.29) is 0 Å². The Morgan fingerprint density at radius 1 is 1.14 bits per heavy atom. The topological polar surface area (TPSA) is 39.9 Å². The fraction of sp³-hybridized carbons (Fsp3) is 0.143. The Morgan fingerprint density at radius 3 is 2.67 bits per heavy atom. The molecule has 0 bridgehead atoms. The lowest BCUT2D eigenvalue weighted by Gasteiger charge is -2.08. The number of alkyl halides is 2. The average molecular weight is 293 g/mol. The molecule has 0 aliphatic heterocycles. The lowest BCUT2D eigenvalue weighted by atomic mass is 10.1. The van der Waals surface area contributed by atoms with Gasteiger partial charge in [0.05, 0.1) is 11.7 Å². The molecule has 108 valence electrons. The SMILES string of the molecule is Cn1ncc2ncc(-c3ccc(OC(F)F)c(F)c3)cc21. The summed E-state index contributed by atoms with van der Waals surface area (Å²) < 4.78 is 43.7. The third kappa shape index (κ3) is 2.54. The quantitative estimate of drug-likeness (QED) is 0.743. The molecular formula is C14H10F3N3O. The molecule has 0 amide bonds. The molecule has 1 aromatic carbocycles. The van der Waals surface area contributed by atoms with Gasteiger partial charge in [0.15, 0.2) is 11.6 Å². The summed E-state index contributed by atoms with van der Waals surface area (Å²) in [5, 5.41) is 4.07. The Labute approximate surface area is 117 Å². The standard InChI is InChI=1S/C14H10F3N3O/c1-20-12-5-9(6-18-11(12)7-19-20)8-2-3-13(10(15)4-8)21-14(16)17/h2-7,14H,1H3. The number of benzene rings is 1. The minimum atomic E-state index is -3.06. The third-order valence-corrected chi connectivity index (χ3v) is 3.08. The van der Waals surface area contributed by atoms with Crippen LogP contribution in [0.3, 0.4) is 0 Å². The highest BCUT2D eigenvalue weighted by atomic mass is 19.3. The van der Waals surface area contributed by atoms with Crippen LogP contribution in [0, 0.1) is 5.82 Å². The van der Waals surface area contributed by atoms with Crippen LogP contribution in [0.2, 0.25) is 0 Å². The van der Waals surface area contributed by atoms with Crippen molar-refractivity contribution in [1.29, 1.82) is 0 Å². The second-order valence-electron chi connectivity index (χ2n) is 4.42. The number of rotatable bonds is 3. The molecule has 2 aromatic heterocycles. The summed E-state index contributed by atoms with van der Waals surface area (Å²) in [5.41, 5.74) is 2.69. The molecule has 0 radical (unpaired) electrons. The molecule has 0 N–H and O–H groups in total. The second-order valence-corrected chi connectivity index (χ2v) is 4.42. The van der Waals surface area contributed by atoms with Crippen LogP contribution in [0.1, 0.15) is 0 Å². The van der Waals surface area contributed by atoms with E-state index in [9.17, 15) is 13.2 Å². The van der Waals surface area contributed by atoms with Crippen molar-refractivity contribution < 1.29 is 17.9 Å². The van der Waals surface area contributed by atoms with Crippen LogP contribution in [-0.2, 0) is 7.05 Å². The summed E-state index contributed by atoms with van der Waals surface area (Å²) in [7, 11) is 1.77. The van der Waals surface area contributed by atoms with Crippen LogP contribution in [0.15, 0.2) is 36.7 Å². The Balaban J connectivity index is 2.02. The van der Waals surface area contributed by atoms with Crippen LogP contribution < -0.4 is 4.74 Å². The van der Waals surface area contributed by atoms with E-state index in [1.807, 2.05) is 0 Å². The smallest absolute Gasteiger partial charge is 0.387 e. The molecule has 0 aliphatic rings. The largest absolute Gasteiger partial charge is 0.432 e. The first-order valence-corrected chi connectivity index (χ1v) is 6.07. The highest BCUT2D eigenvalue weighted by molar-refractivity contribution is 5.80. The number of fused-ring (bicyclic) bond motifs is 1. The van der Waals surface area contributed by atoms with Gasteiger partial charge in [-0.2, -0.15) is 13.9 Å². The maximum atomic E-state index is 13.7. The molecule has 3 rings (SSSR count). The zero-order valence-corrected chi connectivity index (χ0v) is 10.9. The van der Waals surface area contributed by atoms with E-state index >= 15 is 0 Å². The Hall–Kier alpha value is -2.57. The van der Waals surface area contributed by atoms with Crippen LogP contribution >= 0.6 is 0 Å². The van der Waals surface area contributed by atoms with E-state index in [0.717, 1.165) is 17.1 Å². The van der Waals surface area contributed by atoms with Gasteiger partial charge in [0, 0.05) is 18.8 Å². The van der Waals surface area contributed by atoms with Crippen molar-refractivity contribution in [3.05, 3.63) is 42.5 Å². The van der Waals surface area contributed by atoms with Crippen molar-refractivity contribution in [2.75, 3.05) is 0 Å². The van der Waals surface area contributed by atoms with Gasteiger partial charge in [0.25, 0.3) is 0 Å². The molecule has 0 spiro atoms. The number of aromatic nitrogens is 3. The molecule has 2 heterocycles. The molecule has 3 aromatic rings. The molecular weight excluding hydrogens is 283 g/mol. The Kier molecular flexibility index (Phi) is 3.25. The monoisotopic (exact) mass is 293 g/mol. The first-order chi connectivity index (χ1) is 10.0. The van der Waals surface area contributed by atoms with Crippen LogP contribution in [-0.4, -0.2) is 21.4 Å². The van der Waals surface area contributed by atoms with Gasteiger partial charge in [0.2, 0.25) is 0 Å². The first-order valence-electron chi connectivity index (χ1n) is 6.07. The molecule has 0 unspecified atom stereocenters. The third-order valence-electron chi connectivity index (χ3n) is 3.08. The molecule has 0 aliphatic carbocycles. The summed E-state index contributed by atoms with van der Waals surface area (Å²) >= 11 is 0. The molecule has 4 nitrogen and oxygen atoms in total. The molecule has 0 atom stereocenters. The van der Waals surface area contributed by atoms with E-state index in [1.54, 1.807) is 30.2 Å². The highest BCUT2D eigenvalue weighted by Gasteiger charge is 2.12. The van der Waals surface area contributed by atoms with Crippen molar-refractivity contribution in [1.82, 2.24) is 14.8 Å². The predicted octanol–water partition coefficient (Wildman–Crippen LogP) is 3.38. The number of halogens is 3. The Morgan fingerprint density at radius 2 is 1.95 bits per heavy atom. The number of ether oxygens (including phenoxy) is 1. The summed E-state index contributed by atoms with van der Waals surface area (Å²) in [6, 6.07) is 5.61. The first kappa shape index (κ1) is 13.4. The lowest BCUT2D eigenvalue weighted by Crippen LogP contribution is -2.03. The van der Waals surface area contributed by atoms with Crippen molar-refractivity contribution in [2.45, 2.75) is 6.61 Å². The fourth-order valence-electron chi connectivity index (χ4n) is 2.06. The number of aryl methyl sites for hydroxylation is 1. The van der Waals surface area contributed by atoms with Gasteiger partial charge in [-0.25, -0.2) is 4.39 Å². The second kappa shape index (κ2) is 5.08. The van der Waals surface area contributed by atoms with Gasteiger partial charge in [-0.15, -0.1) is 0 Å². The zero-order chi connectivity index (χ0) is 15.0. The van der Waals surface area contributed by atoms with Crippen LogP contribution in [0.25, 0.3) is 22.2 Å². The van der Waals surface area contributed by atoms with Gasteiger partial charge in [-0.3, -0.25) is 9.67 Å². The van der Waals surface area contributed by atoms with Crippen molar-refractivity contribution in [3.63, 3.8) is 0 Å². The van der Waals surface area contributed by atoms with Gasteiger partial charge in [0.1, 0.15) is 5.52 Å². The summed E-state index contributed by atoms with van der Waals surface area (Å²) in [4.78, 5) is 4.22. The van der Waals surface area contributed by atoms with Gasteiger partial charge in [-0.1, -0.05) is 6.07 Å². The summed E-state index contributed by atoms with van der Waals surface area (Å²) in [5.74, 6) is -1.33. The maximum Gasteiger partial charge on any atom is 0.387 e. The fourth-order valence-corrected chi connectivity index (χ4v) is 2.06. The number of hydrogen-bond acceptors (Lipinski definition) is 3. The molecule has 0 saturated carbocycles. The van der Waals surface area contributed by atoms with Crippen molar-refractivity contribution in [2.24, 2.45) is 7.05 Å². The van der Waals surface area contributed by atoms with Gasteiger partial charge in [-0.05, 0) is 23.8 Å². The molecule has 0 saturated heterocycles. The number of pyridine rings is 1. The maximum absolute atomic E-state index is 13.7. The molecule has 0 fully saturated rings. The zero-order valence-electron chi connectivity index (χ0n) is 10.9. The van der Waals surface area contributed by atoms with Gasteiger partial charge < -0.3 is 4.74 Å². The number of nitrogens with zero attached hydrogens (tertiary/aromatic N) is 3. The van der Waals surface area contributed by atoms with E-state index < -0.39 is 18.2 Å². The minimum absolute atomic E-state index is 0.483. The highest BCUT2D eigenvalue weighted by Crippen LogP contribution is 2.27. The lowest BCUT2D eigenvalue weighted by molar-refractivity contribution is -0.0521. The minimum Gasteiger partial charge on any atom is -0.432 e. The van der Waals surface area contributed by atoms with E-state index in [1.165, 1.54) is 12.1 Å². The predicted molar refractivity (Wildman–Crippen MR) is 70.5 cm³/mol. The summed E-state index contributed by atoms with van der Waals surface area (Å²) in [6.07, 6.45) is 3.20. The van der Waals surface area contributed by atoms with Crippen molar-refractivity contribution in [3.8, 4) is 16.9 Å². The average Bonchev–Trinajstić information content (AvgIpc) is 2.82. The van der Waals surface area contributed by atoms with E-state index in [4.69, 9.17) is 0 Å². The van der Waals surface area contributed by atoms with E-state index in [2.05, 4.69) is 14.8 Å². The van der Waals surface area contributed by atoms with Gasteiger partial charge >= 0.3 is 6.61 Å². The van der Waals surface area contributed by atoms with E-state index in [0.29, 0.717) is 11.1 Å². The van der Waals surface area contributed by atoms with Crippen LogP contribution in [0.5, 0.6) is 5.75 Å². The molecule has 7 heteroatoms. The Bertz CT molecular complexity index is 801. The van der Waals surface area contributed by atoms with Crippen molar-refractivity contribution >= 4 is 11.0 Å². The number of hydrogen-bond donors (Lipinski definition) is 0. The van der Waals surface area contributed by atoms with Crippen LogP contribution in [0.4, 0.5) is 13.2 Å². The summed E-state index contributed by atoms with van der Waals surface area (Å²) in [6.45, 7) is -3.06. The molecule has 21 heavy (non-hydrogen) atoms.